The molecule has 2 heterocycles. The van der Waals surface area contributed by atoms with E-state index in [2.05, 4.69) is 20.6 Å². The van der Waals surface area contributed by atoms with Gasteiger partial charge < -0.3 is 15.1 Å². The minimum absolute atomic E-state index is 0. The fourth-order valence-corrected chi connectivity index (χ4v) is 4.02. The molecule has 169 valence electrons. The molecule has 2 aromatic heterocycles. The summed E-state index contributed by atoms with van der Waals surface area (Å²) in [5.74, 6) is -0.227. The number of hydrogen-bond acceptors (Lipinski definition) is 6. The Hall–Kier alpha value is -4.19. The SMILES string of the molecule is CCc1c(Oc2ccc(-c3ccccc3-c3nn[nH]n3)cc2)c(C(=O)O)c2ccccc2[n+]1[O-].[Li]. The number of nitrogens with zero attached hydrogens (tertiary/aromatic N) is 4. The standard InChI is InChI=1S/C25H19N5O4.Li/c1-2-20-23(22(25(31)32)19-9-5-6-10-21(19)30(20)33)34-16-13-11-15(12-14-16)17-7-3-4-8-18(17)24-26-28-29-27-24;/h3-14H,2H2,1H3,(H,31,32)(H,26,27,28,29);. The summed E-state index contributed by atoms with van der Waals surface area (Å²) < 4.78 is 6.78. The summed E-state index contributed by atoms with van der Waals surface area (Å²) in [7, 11) is 0. The molecule has 3 aromatic carbocycles. The Morgan fingerprint density at radius 2 is 1.71 bits per heavy atom. The van der Waals surface area contributed by atoms with Gasteiger partial charge in [0.1, 0.15) is 11.3 Å². The van der Waals surface area contributed by atoms with E-state index in [1.807, 2.05) is 36.4 Å². The van der Waals surface area contributed by atoms with Crippen molar-refractivity contribution in [2.75, 3.05) is 0 Å². The van der Waals surface area contributed by atoms with Crippen LogP contribution in [0.5, 0.6) is 11.5 Å². The van der Waals surface area contributed by atoms with Gasteiger partial charge in [0.15, 0.2) is 0 Å². The predicted molar refractivity (Wildman–Crippen MR) is 130 cm³/mol. The molecule has 1 radical (unpaired) electrons. The number of H-pyrrole nitrogens is 1. The van der Waals surface area contributed by atoms with Crippen LogP contribution in [0.1, 0.15) is 23.0 Å². The van der Waals surface area contributed by atoms with E-state index < -0.39 is 5.97 Å². The molecule has 10 heteroatoms. The van der Waals surface area contributed by atoms with Crippen molar-refractivity contribution in [2.45, 2.75) is 13.3 Å². The summed E-state index contributed by atoms with van der Waals surface area (Å²) in [6.45, 7) is 1.79. The van der Waals surface area contributed by atoms with Crippen molar-refractivity contribution in [3.05, 3.63) is 89.3 Å². The maximum atomic E-state index is 13.0. The normalized spacial score (nSPS) is 10.7. The summed E-state index contributed by atoms with van der Waals surface area (Å²) in [5.41, 5.74) is 3.11. The molecule has 0 atom stereocenters. The number of carboxylic acid groups (broad SMARTS) is 1. The summed E-state index contributed by atoms with van der Waals surface area (Å²) in [6.07, 6.45) is 0.306. The monoisotopic (exact) mass is 460 g/mol. The van der Waals surface area contributed by atoms with Gasteiger partial charge >= 0.3 is 5.97 Å². The van der Waals surface area contributed by atoms with E-state index in [4.69, 9.17) is 4.74 Å². The van der Waals surface area contributed by atoms with Gasteiger partial charge in [-0.15, -0.1) is 10.2 Å². The maximum absolute atomic E-state index is 13.0. The first-order valence-corrected chi connectivity index (χ1v) is 10.6. The van der Waals surface area contributed by atoms with Gasteiger partial charge in [-0.25, -0.2) is 4.79 Å². The molecule has 0 aliphatic heterocycles. The van der Waals surface area contributed by atoms with Crippen molar-refractivity contribution in [1.82, 2.24) is 20.6 Å². The number of rotatable bonds is 6. The molecule has 5 rings (SSSR count). The van der Waals surface area contributed by atoms with E-state index in [1.165, 1.54) is 0 Å². The van der Waals surface area contributed by atoms with Crippen molar-refractivity contribution in [1.29, 1.82) is 0 Å². The molecule has 0 bridgehead atoms. The number of fused-ring (bicyclic) bond motifs is 1. The number of aromatic nitrogens is 5. The van der Waals surface area contributed by atoms with Crippen molar-refractivity contribution < 1.29 is 19.4 Å². The number of tetrazole rings is 1. The number of hydrogen-bond donors (Lipinski definition) is 2. The molecular weight excluding hydrogens is 441 g/mol. The first-order chi connectivity index (χ1) is 16.6. The summed E-state index contributed by atoms with van der Waals surface area (Å²) in [6, 6.07) is 21.4. The largest absolute Gasteiger partial charge is 0.618 e. The van der Waals surface area contributed by atoms with E-state index in [0.717, 1.165) is 21.4 Å². The van der Waals surface area contributed by atoms with Gasteiger partial charge in [-0.3, -0.25) is 0 Å². The van der Waals surface area contributed by atoms with Gasteiger partial charge in [0.2, 0.25) is 22.8 Å². The Morgan fingerprint density at radius 3 is 2.37 bits per heavy atom. The molecule has 2 N–H and O–H groups in total. The number of carboxylic acids is 1. The zero-order valence-electron chi connectivity index (χ0n) is 19.1. The first kappa shape index (κ1) is 23.9. The second-order valence-electron chi connectivity index (χ2n) is 7.53. The van der Waals surface area contributed by atoms with Crippen molar-refractivity contribution in [2.24, 2.45) is 0 Å². The molecule has 35 heavy (non-hydrogen) atoms. The number of ether oxygens (including phenoxy) is 1. The fraction of sp³-hybridized carbons (Fsp3) is 0.0800. The van der Waals surface area contributed by atoms with E-state index >= 15 is 0 Å². The van der Waals surface area contributed by atoms with Crippen LogP contribution < -0.4 is 9.47 Å². The van der Waals surface area contributed by atoms with Crippen LogP contribution in [-0.2, 0) is 6.42 Å². The Morgan fingerprint density at radius 1 is 1.03 bits per heavy atom. The smallest absolute Gasteiger partial charge is 0.340 e. The molecule has 0 aliphatic carbocycles. The second-order valence-corrected chi connectivity index (χ2v) is 7.53. The van der Waals surface area contributed by atoms with Crippen LogP contribution in [0.2, 0.25) is 0 Å². The zero-order chi connectivity index (χ0) is 23.7. The van der Waals surface area contributed by atoms with Crippen LogP contribution in [0.25, 0.3) is 33.4 Å². The summed E-state index contributed by atoms with van der Waals surface area (Å²) in [5, 5.41) is 37.5. The number of para-hydroxylation sites is 1. The van der Waals surface area contributed by atoms with Gasteiger partial charge in [0, 0.05) is 36.9 Å². The fourth-order valence-electron chi connectivity index (χ4n) is 4.02. The maximum Gasteiger partial charge on any atom is 0.340 e. The Labute approximate surface area is 212 Å². The number of benzene rings is 3. The average Bonchev–Trinajstić information content (AvgIpc) is 3.40. The number of pyridine rings is 1. The van der Waals surface area contributed by atoms with Gasteiger partial charge in [-0.1, -0.05) is 55.5 Å². The Balaban J connectivity index is 0.00000289. The number of nitrogens with one attached hydrogen (secondary N) is 1. The predicted octanol–water partition coefficient (Wildman–Crippen LogP) is 3.99. The molecule has 0 unspecified atom stereocenters. The van der Waals surface area contributed by atoms with Crippen LogP contribution in [-0.4, -0.2) is 50.6 Å². The molecular formula is C25H19LiN5O4. The quantitative estimate of drug-likeness (QED) is 0.223. The van der Waals surface area contributed by atoms with Crippen LogP contribution in [0.4, 0.5) is 0 Å². The van der Waals surface area contributed by atoms with E-state index in [0.29, 0.717) is 23.4 Å². The average molecular weight is 460 g/mol. The molecule has 0 amide bonds. The van der Waals surface area contributed by atoms with Crippen molar-refractivity contribution in [3.63, 3.8) is 0 Å². The molecule has 0 spiro atoms. The number of aromatic amines is 1. The minimum atomic E-state index is -1.16. The Bertz CT molecular complexity index is 1510. The Kier molecular flexibility index (Phi) is 6.82. The third-order valence-corrected chi connectivity index (χ3v) is 5.57. The van der Waals surface area contributed by atoms with E-state index in [1.54, 1.807) is 43.3 Å². The number of aromatic carboxylic acids is 1. The second kappa shape index (κ2) is 9.97. The first-order valence-electron chi connectivity index (χ1n) is 10.6. The van der Waals surface area contributed by atoms with Gasteiger partial charge in [-0.05, 0) is 34.5 Å². The molecule has 0 saturated carbocycles. The topological polar surface area (TPSA) is 128 Å². The van der Waals surface area contributed by atoms with Crippen molar-refractivity contribution in [3.8, 4) is 34.0 Å². The van der Waals surface area contributed by atoms with Gasteiger partial charge in [-0.2, -0.15) is 9.94 Å². The van der Waals surface area contributed by atoms with Crippen LogP contribution >= 0.6 is 0 Å². The molecule has 0 fully saturated rings. The van der Waals surface area contributed by atoms with Crippen LogP contribution in [0.15, 0.2) is 72.8 Å². The van der Waals surface area contributed by atoms with Crippen LogP contribution in [0.3, 0.4) is 0 Å². The minimum Gasteiger partial charge on any atom is -0.618 e. The van der Waals surface area contributed by atoms with E-state index in [9.17, 15) is 15.1 Å². The third-order valence-electron chi connectivity index (χ3n) is 5.57. The van der Waals surface area contributed by atoms with Gasteiger partial charge in [0.25, 0.3) is 0 Å². The summed E-state index contributed by atoms with van der Waals surface area (Å²) in [4.78, 5) is 12.2. The molecule has 0 saturated heterocycles. The molecule has 5 aromatic rings. The molecule has 0 aliphatic rings. The zero-order valence-corrected chi connectivity index (χ0v) is 19.1. The third kappa shape index (κ3) is 4.35. The molecule has 9 nitrogen and oxygen atoms in total. The van der Waals surface area contributed by atoms with Gasteiger partial charge in [0.05, 0.1) is 5.39 Å². The summed E-state index contributed by atoms with van der Waals surface area (Å²) >= 11 is 0. The number of carbonyl (C=O) groups is 1. The van der Waals surface area contributed by atoms with E-state index in [-0.39, 0.29) is 41.4 Å². The van der Waals surface area contributed by atoms with Crippen molar-refractivity contribution >= 4 is 35.7 Å². The van der Waals surface area contributed by atoms with Crippen LogP contribution in [0, 0.1) is 5.21 Å².